The molecule has 5 nitrogen and oxygen atoms in total. The Bertz CT molecular complexity index is 778. The number of ether oxygens (including phenoxy) is 1. The number of guanidine groups is 1. The van der Waals surface area contributed by atoms with Gasteiger partial charge in [0.25, 0.3) is 0 Å². The van der Waals surface area contributed by atoms with Crippen molar-refractivity contribution in [2.24, 2.45) is 4.99 Å². The zero-order valence-corrected chi connectivity index (χ0v) is 15.6. The van der Waals surface area contributed by atoms with Crippen molar-refractivity contribution < 1.29 is 14.2 Å². The molecular weight excluding hydrogens is 333 g/mol. The minimum atomic E-state index is -0.214. The third kappa shape index (κ3) is 5.12. The molecule has 0 aliphatic heterocycles. The van der Waals surface area contributed by atoms with Crippen LogP contribution in [0.5, 0.6) is 11.5 Å². The fraction of sp³-hybridized carbons (Fsp3) is 0.350. The predicted molar refractivity (Wildman–Crippen MR) is 102 cm³/mol. The van der Waals surface area contributed by atoms with Gasteiger partial charge in [-0.05, 0) is 49.1 Å². The molecule has 0 aromatic heterocycles. The lowest BCUT2D eigenvalue weighted by Gasteiger charge is -2.19. The molecule has 6 heteroatoms. The summed E-state index contributed by atoms with van der Waals surface area (Å²) in [5.74, 6) is 1.23. The summed E-state index contributed by atoms with van der Waals surface area (Å²) >= 11 is 0. The maximum absolute atomic E-state index is 13.7. The van der Waals surface area contributed by atoms with Gasteiger partial charge >= 0.3 is 0 Å². The van der Waals surface area contributed by atoms with E-state index in [1.807, 2.05) is 25.1 Å². The van der Waals surface area contributed by atoms with Crippen LogP contribution in [0.4, 0.5) is 4.39 Å². The first-order valence-corrected chi connectivity index (χ1v) is 8.53. The molecule has 0 aliphatic carbocycles. The Morgan fingerprint density at radius 1 is 1.27 bits per heavy atom. The number of nitrogens with one attached hydrogen (secondary N) is 2. The van der Waals surface area contributed by atoms with Gasteiger partial charge in [-0.25, -0.2) is 4.39 Å². The molecule has 0 saturated carbocycles. The highest BCUT2D eigenvalue weighted by atomic mass is 19.1. The SMILES string of the molecule is CN=C(NCCc1ccc(OC)cc1O)NC(C)c1ccc(C)c(F)c1. The summed E-state index contributed by atoms with van der Waals surface area (Å²) in [6.07, 6.45) is 0.629. The number of hydrogen-bond acceptors (Lipinski definition) is 3. The van der Waals surface area contributed by atoms with Crippen molar-refractivity contribution in [3.05, 3.63) is 58.9 Å². The van der Waals surface area contributed by atoms with Crippen LogP contribution in [-0.4, -0.2) is 31.8 Å². The zero-order chi connectivity index (χ0) is 19.1. The van der Waals surface area contributed by atoms with Crippen LogP contribution in [0.2, 0.25) is 0 Å². The van der Waals surface area contributed by atoms with Gasteiger partial charge in [0, 0.05) is 19.7 Å². The number of benzene rings is 2. The number of phenols is 1. The molecule has 2 aromatic carbocycles. The summed E-state index contributed by atoms with van der Waals surface area (Å²) in [7, 11) is 3.25. The van der Waals surface area contributed by atoms with Crippen molar-refractivity contribution in [3.63, 3.8) is 0 Å². The standard InChI is InChI=1S/C20H26FN3O2/c1-13-5-6-16(11-18(13)21)14(2)24-20(22-3)23-10-9-15-7-8-17(26-4)12-19(15)25/h5-8,11-12,14,25H,9-10H2,1-4H3,(H2,22,23,24). The smallest absolute Gasteiger partial charge is 0.191 e. The lowest BCUT2D eigenvalue weighted by molar-refractivity contribution is 0.406. The Morgan fingerprint density at radius 3 is 2.65 bits per heavy atom. The molecule has 0 amide bonds. The Kier molecular flexibility index (Phi) is 6.83. The van der Waals surface area contributed by atoms with Crippen LogP contribution < -0.4 is 15.4 Å². The highest BCUT2D eigenvalue weighted by Gasteiger charge is 2.10. The van der Waals surface area contributed by atoms with Gasteiger partial charge in [-0.3, -0.25) is 4.99 Å². The third-order valence-corrected chi connectivity index (χ3v) is 4.25. The fourth-order valence-electron chi connectivity index (χ4n) is 2.56. The van der Waals surface area contributed by atoms with Gasteiger partial charge in [0.15, 0.2) is 5.96 Å². The van der Waals surface area contributed by atoms with Crippen molar-refractivity contribution in [2.45, 2.75) is 26.3 Å². The number of methoxy groups -OCH3 is 1. The van der Waals surface area contributed by atoms with Gasteiger partial charge in [-0.1, -0.05) is 18.2 Å². The normalized spacial score (nSPS) is 12.6. The minimum absolute atomic E-state index is 0.0920. The summed E-state index contributed by atoms with van der Waals surface area (Å²) in [4.78, 5) is 4.19. The van der Waals surface area contributed by atoms with Crippen molar-refractivity contribution >= 4 is 5.96 Å². The molecule has 1 unspecified atom stereocenters. The van der Waals surface area contributed by atoms with Gasteiger partial charge in [0.1, 0.15) is 17.3 Å². The van der Waals surface area contributed by atoms with Crippen molar-refractivity contribution in [2.75, 3.05) is 20.7 Å². The molecule has 0 saturated heterocycles. The number of nitrogens with zero attached hydrogens (tertiary/aromatic N) is 1. The Balaban J connectivity index is 1.90. The average Bonchev–Trinajstić information content (AvgIpc) is 2.64. The first kappa shape index (κ1) is 19.6. The van der Waals surface area contributed by atoms with Gasteiger partial charge in [0.2, 0.25) is 0 Å². The first-order valence-electron chi connectivity index (χ1n) is 8.53. The van der Waals surface area contributed by atoms with Crippen molar-refractivity contribution in [3.8, 4) is 11.5 Å². The summed E-state index contributed by atoms with van der Waals surface area (Å²) in [6, 6.07) is 10.4. The number of aromatic hydroxyl groups is 1. The molecule has 1 atom stereocenters. The topological polar surface area (TPSA) is 65.9 Å². The van der Waals surface area contributed by atoms with Crippen LogP contribution in [0, 0.1) is 12.7 Å². The second-order valence-electron chi connectivity index (χ2n) is 6.12. The lowest BCUT2D eigenvalue weighted by atomic mass is 10.1. The number of rotatable bonds is 6. The molecule has 0 aliphatic rings. The van der Waals surface area contributed by atoms with E-state index < -0.39 is 0 Å². The van der Waals surface area contributed by atoms with E-state index in [9.17, 15) is 9.50 Å². The second kappa shape index (κ2) is 9.08. The summed E-state index contributed by atoms with van der Waals surface area (Å²) in [5, 5.41) is 16.4. The number of phenolic OH excluding ortho intramolecular Hbond substituents is 1. The summed E-state index contributed by atoms with van der Waals surface area (Å²) in [6.45, 7) is 4.28. The van der Waals surface area contributed by atoms with Gasteiger partial charge in [0.05, 0.1) is 13.2 Å². The molecule has 3 N–H and O–H groups in total. The first-order chi connectivity index (χ1) is 12.4. The van der Waals surface area contributed by atoms with E-state index in [0.29, 0.717) is 30.2 Å². The quantitative estimate of drug-likeness (QED) is 0.547. The molecule has 0 bridgehead atoms. The van der Waals surface area contributed by atoms with Crippen LogP contribution >= 0.6 is 0 Å². The van der Waals surface area contributed by atoms with E-state index in [4.69, 9.17) is 4.74 Å². The molecule has 2 aromatic rings. The molecule has 0 radical (unpaired) electrons. The van der Waals surface area contributed by atoms with E-state index in [1.54, 1.807) is 33.2 Å². The molecule has 140 valence electrons. The average molecular weight is 359 g/mol. The minimum Gasteiger partial charge on any atom is -0.508 e. The van der Waals surface area contributed by atoms with Gasteiger partial charge < -0.3 is 20.5 Å². The van der Waals surface area contributed by atoms with Gasteiger partial charge in [-0.2, -0.15) is 0 Å². The molecule has 0 heterocycles. The highest BCUT2D eigenvalue weighted by Crippen LogP contribution is 2.23. The molecule has 0 fully saturated rings. The van der Waals surface area contributed by atoms with E-state index >= 15 is 0 Å². The maximum Gasteiger partial charge on any atom is 0.191 e. The van der Waals surface area contributed by atoms with E-state index in [1.165, 1.54) is 6.07 Å². The molecule has 2 rings (SSSR count). The summed E-state index contributed by atoms with van der Waals surface area (Å²) < 4.78 is 18.8. The lowest BCUT2D eigenvalue weighted by Crippen LogP contribution is -2.39. The Hall–Kier alpha value is -2.76. The molecule has 26 heavy (non-hydrogen) atoms. The molecule has 0 spiro atoms. The third-order valence-electron chi connectivity index (χ3n) is 4.25. The Morgan fingerprint density at radius 2 is 2.04 bits per heavy atom. The van der Waals surface area contributed by atoms with Crippen LogP contribution in [0.15, 0.2) is 41.4 Å². The van der Waals surface area contributed by atoms with Crippen LogP contribution in [-0.2, 0) is 6.42 Å². The van der Waals surface area contributed by atoms with E-state index in [-0.39, 0.29) is 17.6 Å². The van der Waals surface area contributed by atoms with Gasteiger partial charge in [-0.15, -0.1) is 0 Å². The second-order valence-corrected chi connectivity index (χ2v) is 6.12. The van der Waals surface area contributed by atoms with Crippen molar-refractivity contribution in [1.29, 1.82) is 0 Å². The van der Waals surface area contributed by atoms with E-state index in [2.05, 4.69) is 15.6 Å². The maximum atomic E-state index is 13.7. The number of aryl methyl sites for hydroxylation is 1. The Labute approximate surface area is 153 Å². The van der Waals surface area contributed by atoms with Crippen LogP contribution in [0.25, 0.3) is 0 Å². The fourth-order valence-corrected chi connectivity index (χ4v) is 2.56. The predicted octanol–water partition coefficient (Wildman–Crippen LogP) is 3.32. The van der Waals surface area contributed by atoms with Crippen molar-refractivity contribution in [1.82, 2.24) is 10.6 Å². The zero-order valence-electron chi connectivity index (χ0n) is 15.6. The van der Waals surface area contributed by atoms with E-state index in [0.717, 1.165) is 11.1 Å². The largest absolute Gasteiger partial charge is 0.508 e. The van der Waals surface area contributed by atoms with Crippen LogP contribution in [0.1, 0.15) is 29.7 Å². The molecular formula is C20H26FN3O2. The highest BCUT2D eigenvalue weighted by molar-refractivity contribution is 5.80. The number of hydrogen-bond donors (Lipinski definition) is 3. The monoisotopic (exact) mass is 359 g/mol. The number of halogens is 1. The van der Waals surface area contributed by atoms with Crippen LogP contribution in [0.3, 0.4) is 0 Å². The number of aliphatic imine (C=N–C) groups is 1. The summed E-state index contributed by atoms with van der Waals surface area (Å²) in [5.41, 5.74) is 2.30.